The second-order valence-electron chi connectivity index (χ2n) is 4.48. The number of hydrogen-bond donors (Lipinski definition) is 1. The van der Waals surface area contributed by atoms with Crippen LogP contribution in [0.5, 0.6) is 0 Å². The molecule has 1 aromatic heterocycles. The summed E-state index contributed by atoms with van der Waals surface area (Å²) in [6, 6.07) is 10.7. The Morgan fingerprint density at radius 3 is 2.55 bits per heavy atom. The van der Waals surface area contributed by atoms with E-state index in [-0.39, 0.29) is 5.82 Å². The SMILES string of the molecule is NC(c1ccc(Cl)c(Cl)c1)c1cc2cc(F)ccc2o1. The fourth-order valence-corrected chi connectivity index (χ4v) is 2.36. The monoisotopic (exact) mass is 309 g/mol. The van der Waals surface area contributed by atoms with Crippen LogP contribution < -0.4 is 5.73 Å². The van der Waals surface area contributed by atoms with Gasteiger partial charge in [0.25, 0.3) is 0 Å². The van der Waals surface area contributed by atoms with Crippen molar-refractivity contribution in [3.63, 3.8) is 0 Å². The van der Waals surface area contributed by atoms with E-state index in [4.69, 9.17) is 33.4 Å². The molecule has 1 atom stereocenters. The van der Waals surface area contributed by atoms with Crippen LogP contribution in [0, 0.1) is 5.82 Å². The van der Waals surface area contributed by atoms with E-state index in [9.17, 15) is 4.39 Å². The summed E-state index contributed by atoms with van der Waals surface area (Å²) in [5.41, 5.74) is 7.52. The molecule has 3 aromatic rings. The predicted octanol–water partition coefficient (Wildman–Crippen LogP) is 4.93. The topological polar surface area (TPSA) is 39.2 Å². The number of fused-ring (bicyclic) bond motifs is 1. The van der Waals surface area contributed by atoms with Gasteiger partial charge in [0.05, 0.1) is 16.1 Å². The molecule has 1 heterocycles. The maximum atomic E-state index is 13.2. The Bertz CT molecular complexity index is 785. The molecule has 0 aliphatic heterocycles. The van der Waals surface area contributed by atoms with Crippen LogP contribution in [0.3, 0.4) is 0 Å². The normalized spacial score (nSPS) is 12.8. The molecule has 0 amide bonds. The molecule has 0 saturated carbocycles. The van der Waals surface area contributed by atoms with Crippen LogP contribution >= 0.6 is 23.2 Å². The van der Waals surface area contributed by atoms with Gasteiger partial charge >= 0.3 is 0 Å². The van der Waals surface area contributed by atoms with Crippen molar-refractivity contribution in [1.82, 2.24) is 0 Å². The lowest BCUT2D eigenvalue weighted by Gasteiger charge is -2.09. The maximum Gasteiger partial charge on any atom is 0.134 e. The first-order valence-corrected chi connectivity index (χ1v) is 6.70. The van der Waals surface area contributed by atoms with Crippen molar-refractivity contribution in [3.8, 4) is 0 Å². The standard InChI is InChI=1S/C15H10Cl2FNO/c16-11-3-1-8(6-12(11)17)15(19)14-7-9-5-10(18)2-4-13(9)20-14/h1-7,15H,19H2. The molecule has 2 nitrogen and oxygen atoms in total. The van der Waals surface area contributed by atoms with Gasteiger partial charge in [0, 0.05) is 5.39 Å². The van der Waals surface area contributed by atoms with E-state index in [1.54, 1.807) is 30.3 Å². The van der Waals surface area contributed by atoms with E-state index in [2.05, 4.69) is 0 Å². The van der Waals surface area contributed by atoms with E-state index in [0.29, 0.717) is 26.8 Å². The Kier molecular flexibility index (Phi) is 3.42. The zero-order chi connectivity index (χ0) is 14.3. The number of nitrogens with two attached hydrogens (primary N) is 1. The molecule has 0 spiro atoms. The van der Waals surface area contributed by atoms with E-state index in [1.807, 2.05) is 0 Å². The number of rotatable bonds is 2. The summed E-state index contributed by atoms with van der Waals surface area (Å²) >= 11 is 11.9. The third-order valence-electron chi connectivity index (χ3n) is 3.11. The Balaban J connectivity index is 2.02. The van der Waals surface area contributed by atoms with Gasteiger partial charge in [-0.15, -0.1) is 0 Å². The third-order valence-corrected chi connectivity index (χ3v) is 3.85. The second kappa shape index (κ2) is 5.09. The first-order valence-electron chi connectivity index (χ1n) is 5.94. The van der Waals surface area contributed by atoms with Crippen LogP contribution in [-0.4, -0.2) is 0 Å². The molecule has 2 N–H and O–H groups in total. The first kappa shape index (κ1) is 13.4. The van der Waals surface area contributed by atoms with E-state index in [0.717, 1.165) is 5.56 Å². The molecule has 0 fully saturated rings. The minimum Gasteiger partial charge on any atom is -0.459 e. The maximum absolute atomic E-state index is 13.2. The van der Waals surface area contributed by atoms with Crippen LogP contribution in [0.15, 0.2) is 46.9 Å². The summed E-state index contributed by atoms with van der Waals surface area (Å²) in [4.78, 5) is 0. The van der Waals surface area contributed by atoms with Crippen LogP contribution in [-0.2, 0) is 0 Å². The molecule has 0 aliphatic rings. The van der Waals surface area contributed by atoms with Crippen LogP contribution in [0.25, 0.3) is 11.0 Å². The fraction of sp³-hybridized carbons (Fsp3) is 0.0667. The van der Waals surface area contributed by atoms with Gasteiger partial charge in [0.2, 0.25) is 0 Å². The van der Waals surface area contributed by atoms with Crippen molar-refractivity contribution in [2.75, 3.05) is 0 Å². The average molecular weight is 310 g/mol. The van der Waals surface area contributed by atoms with Crippen molar-refractivity contribution in [2.45, 2.75) is 6.04 Å². The molecule has 1 unspecified atom stereocenters. The molecule has 20 heavy (non-hydrogen) atoms. The molecule has 3 rings (SSSR count). The quantitative estimate of drug-likeness (QED) is 0.729. The smallest absolute Gasteiger partial charge is 0.134 e. The van der Waals surface area contributed by atoms with E-state index < -0.39 is 6.04 Å². The predicted molar refractivity (Wildman–Crippen MR) is 78.7 cm³/mol. The van der Waals surface area contributed by atoms with Crippen LogP contribution in [0.1, 0.15) is 17.4 Å². The lowest BCUT2D eigenvalue weighted by molar-refractivity contribution is 0.524. The van der Waals surface area contributed by atoms with Crippen molar-refractivity contribution < 1.29 is 8.81 Å². The average Bonchev–Trinajstić information content (AvgIpc) is 2.84. The highest BCUT2D eigenvalue weighted by Gasteiger charge is 2.15. The molecule has 102 valence electrons. The lowest BCUT2D eigenvalue weighted by Crippen LogP contribution is -2.10. The Hall–Kier alpha value is -1.55. The minimum absolute atomic E-state index is 0.312. The molecule has 0 bridgehead atoms. The van der Waals surface area contributed by atoms with Crippen molar-refractivity contribution in [1.29, 1.82) is 0 Å². The Morgan fingerprint density at radius 1 is 1.00 bits per heavy atom. The summed E-state index contributed by atoms with van der Waals surface area (Å²) < 4.78 is 18.8. The number of hydrogen-bond acceptors (Lipinski definition) is 2. The zero-order valence-corrected chi connectivity index (χ0v) is 11.8. The van der Waals surface area contributed by atoms with Gasteiger partial charge in [0.15, 0.2) is 0 Å². The van der Waals surface area contributed by atoms with E-state index >= 15 is 0 Å². The molecule has 5 heteroatoms. The van der Waals surface area contributed by atoms with Crippen molar-refractivity contribution in [2.24, 2.45) is 5.73 Å². The minimum atomic E-state index is -0.486. The second-order valence-corrected chi connectivity index (χ2v) is 5.30. The summed E-state index contributed by atoms with van der Waals surface area (Å²) in [6.45, 7) is 0. The highest BCUT2D eigenvalue weighted by molar-refractivity contribution is 6.42. The largest absolute Gasteiger partial charge is 0.459 e. The van der Waals surface area contributed by atoms with Gasteiger partial charge in [-0.25, -0.2) is 4.39 Å². The molecule has 0 radical (unpaired) electrons. The van der Waals surface area contributed by atoms with Gasteiger partial charge in [-0.2, -0.15) is 0 Å². The van der Waals surface area contributed by atoms with Crippen LogP contribution in [0.2, 0.25) is 10.0 Å². The Morgan fingerprint density at radius 2 is 1.80 bits per heavy atom. The highest BCUT2D eigenvalue weighted by Crippen LogP contribution is 2.30. The summed E-state index contributed by atoms with van der Waals surface area (Å²) in [5, 5.41) is 1.58. The van der Waals surface area contributed by atoms with Gasteiger partial charge in [-0.3, -0.25) is 0 Å². The molecule has 2 aromatic carbocycles. The highest BCUT2D eigenvalue weighted by atomic mass is 35.5. The zero-order valence-electron chi connectivity index (χ0n) is 10.2. The molecule has 0 aliphatic carbocycles. The lowest BCUT2D eigenvalue weighted by atomic mass is 10.1. The van der Waals surface area contributed by atoms with Gasteiger partial charge in [-0.05, 0) is 42.0 Å². The Labute approximate surface area is 124 Å². The van der Waals surface area contributed by atoms with E-state index in [1.165, 1.54) is 12.1 Å². The summed E-state index contributed by atoms with van der Waals surface area (Å²) in [6.07, 6.45) is 0. The molecular formula is C15H10Cl2FNO. The number of benzene rings is 2. The fourth-order valence-electron chi connectivity index (χ4n) is 2.06. The van der Waals surface area contributed by atoms with Crippen LogP contribution in [0.4, 0.5) is 4.39 Å². The first-order chi connectivity index (χ1) is 9.54. The molecular weight excluding hydrogens is 300 g/mol. The van der Waals surface area contributed by atoms with Crippen molar-refractivity contribution >= 4 is 34.2 Å². The van der Waals surface area contributed by atoms with Crippen molar-refractivity contribution in [3.05, 3.63) is 69.7 Å². The number of furan rings is 1. The summed E-state index contributed by atoms with van der Waals surface area (Å²) in [7, 11) is 0. The molecule has 0 saturated heterocycles. The number of halogens is 3. The third kappa shape index (κ3) is 2.40. The van der Waals surface area contributed by atoms with Gasteiger partial charge in [-0.1, -0.05) is 29.3 Å². The van der Waals surface area contributed by atoms with Gasteiger partial charge < -0.3 is 10.2 Å². The summed E-state index contributed by atoms with van der Waals surface area (Å²) in [5.74, 6) is 0.233. The van der Waals surface area contributed by atoms with Gasteiger partial charge in [0.1, 0.15) is 17.2 Å².